The van der Waals surface area contributed by atoms with E-state index in [1.165, 1.54) is 4.90 Å². The maximum absolute atomic E-state index is 13.3. The molecule has 0 spiro atoms. The van der Waals surface area contributed by atoms with Gasteiger partial charge in [0.1, 0.15) is 12.3 Å². The molecule has 162 valence electrons. The minimum Gasteiger partial charge on any atom is -0.497 e. The monoisotopic (exact) mass is 427 g/mol. The highest BCUT2D eigenvalue weighted by Gasteiger charge is 2.27. The molecule has 0 bridgehead atoms. The third-order valence-electron chi connectivity index (χ3n) is 5.42. The highest BCUT2D eigenvalue weighted by atomic mass is 16.5. The number of anilines is 2. The molecule has 4 rings (SSSR count). The molecule has 1 heterocycles. The number of nitrogens with zero attached hydrogens (tertiary/aromatic N) is 2. The number of para-hydroxylation sites is 2. The van der Waals surface area contributed by atoms with Crippen LogP contribution in [0.2, 0.25) is 0 Å². The number of hydrogen-bond acceptors (Lipinski definition) is 4. The first-order chi connectivity index (χ1) is 15.4. The quantitative estimate of drug-likeness (QED) is 0.635. The first-order valence-electron chi connectivity index (χ1n) is 10.4. The maximum atomic E-state index is 13.3. The van der Waals surface area contributed by atoms with E-state index in [0.29, 0.717) is 28.5 Å². The van der Waals surface area contributed by atoms with Crippen molar-refractivity contribution < 1.29 is 14.3 Å². The van der Waals surface area contributed by atoms with Gasteiger partial charge in [-0.3, -0.25) is 14.6 Å². The average molecular weight is 428 g/mol. The van der Waals surface area contributed by atoms with Gasteiger partial charge in [-0.15, -0.1) is 0 Å². The van der Waals surface area contributed by atoms with Crippen LogP contribution in [-0.2, 0) is 9.59 Å². The van der Waals surface area contributed by atoms with Gasteiger partial charge >= 0.3 is 0 Å². The van der Waals surface area contributed by atoms with Crippen LogP contribution in [0.15, 0.2) is 71.7 Å². The van der Waals surface area contributed by atoms with Crippen LogP contribution >= 0.6 is 0 Å². The minimum absolute atomic E-state index is 0.0996. The number of nitrogens with one attached hydrogen (secondary N) is 1. The van der Waals surface area contributed by atoms with Crippen molar-refractivity contribution in [3.8, 4) is 5.75 Å². The molecular weight excluding hydrogens is 402 g/mol. The molecule has 0 radical (unpaired) electrons. The zero-order chi connectivity index (χ0) is 22.7. The van der Waals surface area contributed by atoms with E-state index in [9.17, 15) is 9.59 Å². The number of benzene rings is 3. The number of hydrogen-bond donors (Lipinski definition) is 1. The summed E-state index contributed by atoms with van der Waals surface area (Å²) in [5, 5.41) is 2.84. The van der Waals surface area contributed by atoms with Crippen LogP contribution in [0, 0.1) is 13.8 Å². The highest BCUT2D eigenvalue weighted by molar-refractivity contribution is 6.19. The lowest BCUT2D eigenvalue weighted by Crippen LogP contribution is -2.38. The Labute approximate surface area is 187 Å². The van der Waals surface area contributed by atoms with Gasteiger partial charge in [0.15, 0.2) is 0 Å². The predicted octanol–water partition coefficient (Wildman–Crippen LogP) is 4.81. The standard InChI is InChI=1S/C26H25N3O3/c1-17-8-13-21(18(2)14-17)23-15-26(31)29(24-7-5-4-6-22(24)28-23)16-25(30)27-19-9-11-20(32-3)12-10-19/h4-14H,15-16H2,1-3H3,(H,27,30). The van der Waals surface area contributed by atoms with Crippen LogP contribution in [0.25, 0.3) is 0 Å². The number of aliphatic imine (C=N–C) groups is 1. The Bertz CT molecular complexity index is 1200. The second-order valence-electron chi connectivity index (χ2n) is 7.80. The molecule has 0 aromatic heterocycles. The molecule has 0 saturated heterocycles. The van der Waals surface area contributed by atoms with Gasteiger partial charge in [-0.05, 0) is 61.4 Å². The molecule has 3 aromatic carbocycles. The molecule has 32 heavy (non-hydrogen) atoms. The number of rotatable bonds is 5. The summed E-state index contributed by atoms with van der Waals surface area (Å²) in [4.78, 5) is 32.4. The first-order valence-corrected chi connectivity index (χ1v) is 10.4. The molecule has 0 atom stereocenters. The SMILES string of the molecule is COc1ccc(NC(=O)CN2C(=O)CC(c3ccc(C)cc3C)=Nc3ccccc32)cc1. The van der Waals surface area contributed by atoms with Crippen molar-refractivity contribution in [3.63, 3.8) is 0 Å². The van der Waals surface area contributed by atoms with Gasteiger partial charge in [-0.1, -0.05) is 35.9 Å². The molecule has 0 saturated carbocycles. The van der Waals surface area contributed by atoms with Crippen molar-refractivity contribution in [2.24, 2.45) is 4.99 Å². The van der Waals surface area contributed by atoms with E-state index in [-0.39, 0.29) is 24.8 Å². The molecule has 1 aliphatic rings. The van der Waals surface area contributed by atoms with Gasteiger partial charge in [-0.2, -0.15) is 0 Å². The van der Waals surface area contributed by atoms with Crippen molar-refractivity contribution in [1.82, 2.24) is 0 Å². The predicted molar refractivity (Wildman–Crippen MR) is 127 cm³/mol. The summed E-state index contributed by atoms with van der Waals surface area (Å²) >= 11 is 0. The number of methoxy groups -OCH3 is 1. The molecule has 2 amide bonds. The van der Waals surface area contributed by atoms with Crippen LogP contribution in [-0.4, -0.2) is 31.2 Å². The van der Waals surface area contributed by atoms with Crippen molar-refractivity contribution >= 4 is 34.6 Å². The zero-order valence-electron chi connectivity index (χ0n) is 18.4. The first kappa shape index (κ1) is 21.3. The summed E-state index contributed by atoms with van der Waals surface area (Å²) in [7, 11) is 1.59. The molecule has 0 fully saturated rings. The Hall–Kier alpha value is -3.93. The Morgan fingerprint density at radius 2 is 1.81 bits per heavy atom. The molecule has 6 nitrogen and oxygen atoms in total. The van der Waals surface area contributed by atoms with Gasteiger partial charge in [0, 0.05) is 5.69 Å². The van der Waals surface area contributed by atoms with E-state index in [1.54, 1.807) is 31.4 Å². The van der Waals surface area contributed by atoms with Crippen LogP contribution in [0.1, 0.15) is 23.1 Å². The van der Waals surface area contributed by atoms with Crippen molar-refractivity contribution in [3.05, 3.63) is 83.4 Å². The molecule has 3 aromatic rings. The molecule has 6 heteroatoms. The largest absolute Gasteiger partial charge is 0.497 e. The average Bonchev–Trinajstić information content (AvgIpc) is 2.91. The highest BCUT2D eigenvalue weighted by Crippen LogP contribution is 2.33. The van der Waals surface area contributed by atoms with Gasteiger partial charge in [-0.25, -0.2) is 0 Å². The Kier molecular flexibility index (Phi) is 6.03. The number of carbonyl (C=O) groups excluding carboxylic acids is 2. The van der Waals surface area contributed by atoms with E-state index in [0.717, 1.165) is 16.7 Å². The summed E-state index contributed by atoms with van der Waals surface area (Å²) in [5.74, 6) is 0.252. The molecule has 0 unspecified atom stereocenters. The summed E-state index contributed by atoms with van der Waals surface area (Å²) in [6, 6.07) is 20.6. The fourth-order valence-electron chi connectivity index (χ4n) is 3.83. The Morgan fingerprint density at radius 3 is 2.53 bits per heavy atom. The van der Waals surface area contributed by atoms with Gasteiger partial charge in [0.2, 0.25) is 11.8 Å². The lowest BCUT2D eigenvalue weighted by molar-refractivity contribution is -0.120. The van der Waals surface area contributed by atoms with Gasteiger partial charge in [0.05, 0.1) is 30.6 Å². The Morgan fingerprint density at radius 1 is 1.06 bits per heavy atom. The Balaban J connectivity index is 1.60. The number of fused-ring (bicyclic) bond motifs is 1. The summed E-state index contributed by atoms with van der Waals surface area (Å²) in [6.45, 7) is 3.96. The van der Waals surface area contributed by atoms with Gasteiger partial charge < -0.3 is 15.0 Å². The van der Waals surface area contributed by atoms with Crippen LogP contribution in [0.3, 0.4) is 0 Å². The van der Waals surface area contributed by atoms with E-state index in [2.05, 4.69) is 11.4 Å². The lowest BCUT2D eigenvalue weighted by atomic mass is 9.99. The minimum atomic E-state index is -0.284. The fourth-order valence-corrected chi connectivity index (χ4v) is 3.83. The second-order valence-corrected chi connectivity index (χ2v) is 7.80. The fraction of sp³-hybridized carbons (Fsp3) is 0.192. The summed E-state index contributed by atoms with van der Waals surface area (Å²) in [5.41, 5.74) is 5.82. The molecular formula is C26H25N3O3. The maximum Gasteiger partial charge on any atom is 0.244 e. The van der Waals surface area contributed by atoms with E-state index in [1.807, 2.05) is 50.2 Å². The van der Waals surface area contributed by atoms with E-state index in [4.69, 9.17) is 9.73 Å². The van der Waals surface area contributed by atoms with Crippen molar-refractivity contribution in [2.75, 3.05) is 23.9 Å². The number of ether oxygens (including phenoxy) is 1. The lowest BCUT2D eigenvalue weighted by Gasteiger charge is -2.22. The molecule has 0 aliphatic carbocycles. The topological polar surface area (TPSA) is 71.0 Å². The summed E-state index contributed by atoms with van der Waals surface area (Å²) < 4.78 is 5.15. The smallest absolute Gasteiger partial charge is 0.244 e. The third kappa shape index (κ3) is 4.54. The third-order valence-corrected chi connectivity index (χ3v) is 5.42. The molecule has 1 aliphatic heterocycles. The van der Waals surface area contributed by atoms with E-state index >= 15 is 0 Å². The number of carbonyl (C=O) groups is 2. The second kappa shape index (κ2) is 9.06. The van der Waals surface area contributed by atoms with E-state index < -0.39 is 0 Å². The van der Waals surface area contributed by atoms with Crippen LogP contribution in [0.4, 0.5) is 17.1 Å². The van der Waals surface area contributed by atoms with Crippen LogP contribution < -0.4 is 15.0 Å². The molecule has 1 N–H and O–H groups in total. The number of amides is 2. The van der Waals surface area contributed by atoms with Crippen molar-refractivity contribution in [2.45, 2.75) is 20.3 Å². The zero-order valence-corrected chi connectivity index (χ0v) is 18.4. The normalized spacial score (nSPS) is 13.2. The van der Waals surface area contributed by atoms with Crippen molar-refractivity contribution in [1.29, 1.82) is 0 Å². The number of aryl methyl sites for hydroxylation is 2. The summed E-state index contributed by atoms with van der Waals surface area (Å²) in [6.07, 6.45) is 0.119. The van der Waals surface area contributed by atoms with Gasteiger partial charge in [0.25, 0.3) is 0 Å². The van der Waals surface area contributed by atoms with Crippen LogP contribution in [0.5, 0.6) is 5.75 Å².